The van der Waals surface area contributed by atoms with Crippen molar-refractivity contribution in [2.24, 2.45) is 0 Å². The van der Waals surface area contributed by atoms with E-state index in [9.17, 15) is 0 Å². The van der Waals surface area contributed by atoms with Gasteiger partial charge in [-0.3, -0.25) is 0 Å². The SMILES string of the molecule is CCCNCCc1ccc(OC2CCCCC2)c(OC2CCCCC2)c1. The molecule has 3 nitrogen and oxygen atoms in total. The summed E-state index contributed by atoms with van der Waals surface area (Å²) in [6.45, 7) is 4.33. The summed E-state index contributed by atoms with van der Waals surface area (Å²) in [5.74, 6) is 1.95. The molecule has 0 radical (unpaired) electrons. The average Bonchev–Trinajstić information content (AvgIpc) is 2.69. The summed E-state index contributed by atoms with van der Waals surface area (Å²) in [6, 6.07) is 6.61. The molecule has 146 valence electrons. The van der Waals surface area contributed by atoms with Crippen molar-refractivity contribution >= 4 is 0 Å². The maximum Gasteiger partial charge on any atom is 0.161 e. The van der Waals surface area contributed by atoms with E-state index in [2.05, 4.69) is 30.4 Å². The molecule has 0 heterocycles. The van der Waals surface area contributed by atoms with Gasteiger partial charge >= 0.3 is 0 Å². The van der Waals surface area contributed by atoms with Gasteiger partial charge in [0.25, 0.3) is 0 Å². The Hall–Kier alpha value is -1.22. The highest BCUT2D eigenvalue weighted by molar-refractivity contribution is 5.43. The second kappa shape index (κ2) is 10.8. The molecular weight excluding hydrogens is 322 g/mol. The molecule has 0 saturated heterocycles. The largest absolute Gasteiger partial charge is 0.487 e. The van der Waals surface area contributed by atoms with E-state index in [1.807, 2.05) is 0 Å². The fraction of sp³-hybridized carbons (Fsp3) is 0.739. The maximum absolute atomic E-state index is 6.45. The van der Waals surface area contributed by atoms with Gasteiger partial charge in [0.1, 0.15) is 0 Å². The Morgan fingerprint density at radius 2 is 1.42 bits per heavy atom. The lowest BCUT2D eigenvalue weighted by molar-refractivity contribution is 0.123. The Labute approximate surface area is 159 Å². The summed E-state index contributed by atoms with van der Waals surface area (Å²) in [6.07, 6.45) is 15.6. The van der Waals surface area contributed by atoms with Crippen molar-refractivity contribution in [2.75, 3.05) is 13.1 Å². The van der Waals surface area contributed by atoms with Gasteiger partial charge in [0.15, 0.2) is 11.5 Å². The highest BCUT2D eigenvalue weighted by Gasteiger charge is 2.20. The molecule has 0 bridgehead atoms. The zero-order valence-electron chi connectivity index (χ0n) is 16.6. The molecule has 2 saturated carbocycles. The molecule has 26 heavy (non-hydrogen) atoms. The molecule has 1 N–H and O–H groups in total. The molecule has 0 unspecified atom stereocenters. The molecule has 2 aliphatic rings. The summed E-state index contributed by atoms with van der Waals surface area (Å²) in [5.41, 5.74) is 1.34. The van der Waals surface area contributed by atoms with Gasteiger partial charge in [-0.25, -0.2) is 0 Å². The Bertz CT molecular complexity index is 519. The van der Waals surface area contributed by atoms with Crippen LogP contribution in [-0.4, -0.2) is 25.3 Å². The van der Waals surface area contributed by atoms with Crippen LogP contribution in [0.1, 0.15) is 83.1 Å². The second-order valence-corrected chi connectivity index (χ2v) is 8.04. The van der Waals surface area contributed by atoms with Gasteiger partial charge in [-0.05, 0) is 95.0 Å². The third kappa shape index (κ3) is 6.19. The third-order valence-electron chi connectivity index (χ3n) is 5.72. The van der Waals surface area contributed by atoms with Gasteiger partial charge in [-0.2, -0.15) is 0 Å². The van der Waals surface area contributed by atoms with Crippen LogP contribution < -0.4 is 14.8 Å². The fourth-order valence-corrected chi connectivity index (χ4v) is 4.16. The second-order valence-electron chi connectivity index (χ2n) is 8.04. The predicted molar refractivity (Wildman–Crippen MR) is 108 cm³/mol. The average molecular weight is 360 g/mol. The smallest absolute Gasteiger partial charge is 0.161 e. The topological polar surface area (TPSA) is 30.5 Å². The lowest BCUT2D eigenvalue weighted by Crippen LogP contribution is -2.23. The lowest BCUT2D eigenvalue weighted by atomic mass is 9.97. The highest BCUT2D eigenvalue weighted by atomic mass is 16.5. The van der Waals surface area contributed by atoms with Crippen molar-refractivity contribution < 1.29 is 9.47 Å². The Morgan fingerprint density at radius 1 is 0.808 bits per heavy atom. The zero-order chi connectivity index (χ0) is 18.0. The first-order valence-corrected chi connectivity index (χ1v) is 11.0. The van der Waals surface area contributed by atoms with E-state index in [0.717, 1.165) is 31.0 Å². The molecule has 0 aliphatic heterocycles. The van der Waals surface area contributed by atoms with Crippen LogP contribution in [0.4, 0.5) is 0 Å². The molecule has 0 aromatic heterocycles. The quantitative estimate of drug-likeness (QED) is 0.578. The van der Waals surface area contributed by atoms with Crippen molar-refractivity contribution in [3.63, 3.8) is 0 Å². The van der Waals surface area contributed by atoms with E-state index >= 15 is 0 Å². The van der Waals surface area contributed by atoms with Gasteiger partial charge in [-0.15, -0.1) is 0 Å². The van der Waals surface area contributed by atoms with Crippen molar-refractivity contribution in [1.29, 1.82) is 0 Å². The molecule has 1 aromatic carbocycles. The van der Waals surface area contributed by atoms with E-state index < -0.39 is 0 Å². The van der Waals surface area contributed by atoms with E-state index in [-0.39, 0.29) is 0 Å². The van der Waals surface area contributed by atoms with Gasteiger partial charge in [0.05, 0.1) is 12.2 Å². The normalized spacial score (nSPS) is 19.4. The van der Waals surface area contributed by atoms with Crippen molar-refractivity contribution in [2.45, 2.75) is 96.2 Å². The number of ether oxygens (including phenoxy) is 2. The fourth-order valence-electron chi connectivity index (χ4n) is 4.16. The molecule has 3 rings (SSSR count). The number of benzene rings is 1. The summed E-state index contributed by atoms with van der Waals surface area (Å²) in [5, 5.41) is 3.49. The molecule has 2 fully saturated rings. The van der Waals surface area contributed by atoms with Crippen molar-refractivity contribution in [3.8, 4) is 11.5 Å². The number of nitrogens with one attached hydrogen (secondary N) is 1. The van der Waals surface area contributed by atoms with E-state index in [1.54, 1.807) is 0 Å². The van der Waals surface area contributed by atoms with Crippen LogP contribution in [-0.2, 0) is 6.42 Å². The van der Waals surface area contributed by atoms with Crippen LogP contribution in [0.2, 0.25) is 0 Å². The van der Waals surface area contributed by atoms with Crippen LogP contribution in [0, 0.1) is 0 Å². The van der Waals surface area contributed by atoms with E-state index in [4.69, 9.17) is 9.47 Å². The zero-order valence-corrected chi connectivity index (χ0v) is 16.6. The highest BCUT2D eigenvalue weighted by Crippen LogP contribution is 2.35. The van der Waals surface area contributed by atoms with E-state index in [0.29, 0.717) is 12.2 Å². The number of hydrogen-bond acceptors (Lipinski definition) is 3. The molecular formula is C23H37NO2. The van der Waals surface area contributed by atoms with E-state index in [1.165, 1.54) is 76.2 Å². The first-order valence-electron chi connectivity index (χ1n) is 11.0. The number of rotatable bonds is 9. The van der Waals surface area contributed by atoms with Crippen LogP contribution in [0.3, 0.4) is 0 Å². The van der Waals surface area contributed by atoms with Crippen LogP contribution >= 0.6 is 0 Å². The van der Waals surface area contributed by atoms with Crippen LogP contribution in [0.5, 0.6) is 11.5 Å². The predicted octanol–water partition coefficient (Wildman–Crippen LogP) is 5.65. The Balaban J connectivity index is 1.66. The van der Waals surface area contributed by atoms with Gasteiger partial charge < -0.3 is 14.8 Å². The van der Waals surface area contributed by atoms with Gasteiger partial charge in [-0.1, -0.05) is 25.8 Å². The standard InChI is InChI=1S/C23H37NO2/c1-2-16-24-17-15-19-13-14-22(25-20-9-5-3-6-10-20)23(18-19)26-21-11-7-4-8-12-21/h13-14,18,20-21,24H,2-12,15-17H2,1H3. The molecule has 1 aromatic rings. The Morgan fingerprint density at radius 3 is 2.04 bits per heavy atom. The van der Waals surface area contributed by atoms with Gasteiger partial charge in [0, 0.05) is 0 Å². The van der Waals surface area contributed by atoms with Crippen LogP contribution in [0.15, 0.2) is 18.2 Å². The lowest BCUT2D eigenvalue weighted by Gasteiger charge is -2.27. The van der Waals surface area contributed by atoms with Crippen molar-refractivity contribution in [3.05, 3.63) is 23.8 Å². The summed E-state index contributed by atoms with van der Waals surface area (Å²) < 4.78 is 12.8. The first-order chi connectivity index (χ1) is 12.8. The van der Waals surface area contributed by atoms with Gasteiger partial charge in [0.2, 0.25) is 0 Å². The summed E-state index contributed by atoms with van der Waals surface area (Å²) >= 11 is 0. The summed E-state index contributed by atoms with van der Waals surface area (Å²) in [4.78, 5) is 0. The molecule has 0 spiro atoms. The molecule has 3 heteroatoms. The van der Waals surface area contributed by atoms with Crippen LogP contribution in [0.25, 0.3) is 0 Å². The minimum absolute atomic E-state index is 0.367. The van der Waals surface area contributed by atoms with Crippen molar-refractivity contribution in [1.82, 2.24) is 5.32 Å². The monoisotopic (exact) mass is 359 g/mol. The minimum Gasteiger partial charge on any atom is -0.487 e. The third-order valence-corrected chi connectivity index (χ3v) is 5.72. The summed E-state index contributed by atoms with van der Waals surface area (Å²) in [7, 11) is 0. The molecule has 0 amide bonds. The Kier molecular flexibility index (Phi) is 8.13. The molecule has 0 atom stereocenters. The number of hydrogen-bond donors (Lipinski definition) is 1. The first kappa shape index (κ1) is 19.5. The minimum atomic E-state index is 0.367. The maximum atomic E-state index is 6.45. The molecule has 2 aliphatic carbocycles.